The Morgan fingerprint density at radius 1 is 1.36 bits per heavy atom. The molecule has 0 radical (unpaired) electrons. The lowest BCUT2D eigenvalue weighted by Gasteiger charge is -2.23. The zero-order chi connectivity index (χ0) is 18.4. The Labute approximate surface area is 146 Å². The van der Waals surface area contributed by atoms with Crippen molar-refractivity contribution in [1.82, 2.24) is 24.5 Å². The van der Waals surface area contributed by atoms with Crippen molar-refractivity contribution in [2.45, 2.75) is 39.2 Å². The number of nitrogen functional groups attached to an aromatic ring is 1. The molecule has 136 valence electrons. The van der Waals surface area contributed by atoms with Gasteiger partial charge in [0.1, 0.15) is 0 Å². The second kappa shape index (κ2) is 6.25. The Balaban J connectivity index is 1.73. The normalized spacial score (nSPS) is 19.4. The van der Waals surface area contributed by atoms with Crippen LogP contribution < -0.4 is 5.73 Å². The van der Waals surface area contributed by atoms with Gasteiger partial charge < -0.3 is 10.6 Å². The van der Waals surface area contributed by atoms with Crippen LogP contribution in [0.2, 0.25) is 0 Å². The number of rotatable bonds is 4. The number of hydrogen-bond acceptors (Lipinski definition) is 7. The second-order valence-electron chi connectivity index (χ2n) is 6.50. The van der Waals surface area contributed by atoms with Crippen molar-refractivity contribution in [3.05, 3.63) is 17.0 Å². The standard InChI is InChI=1S/C15H22N6O3S/c1-9-12(10(2)21-15(17-9)18-14(16)19-21)4-5-13(22)20(3)11-6-7-25(23,24)8-11/h11H,4-8H2,1-3H3,(H2,16,19)/t11-/m1/s1. The number of carbonyl (C=O) groups excluding carboxylic acids is 1. The van der Waals surface area contributed by atoms with Gasteiger partial charge in [0.25, 0.3) is 5.78 Å². The number of anilines is 1. The first-order valence-corrected chi connectivity index (χ1v) is 9.94. The average Bonchev–Trinajstić information content (AvgIpc) is 3.07. The predicted octanol–water partition coefficient (Wildman–Crippen LogP) is -0.0986. The lowest BCUT2D eigenvalue weighted by molar-refractivity contribution is -0.131. The van der Waals surface area contributed by atoms with Crippen LogP contribution in [0.4, 0.5) is 5.95 Å². The highest BCUT2D eigenvalue weighted by Gasteiger charge is 2.32. The molecule has 0 unspecified atom stereocenters. The Kier molecular flexibility index (Phi) is 4.40. The maximum atomic E-state index is 12.5. The minimum absolute atomic E-state index is 0.0546. The van der Waals surface area contributed by atoms with E-state index in [2.05, 4.69) is 15.1 Å². The molecule has 0 bridgehead atoms. The molecule has 2 aromatic rings. The number of nitrogens with zero attached hydrogens (tertiary/aromatic N) is 5. The first-order chi connectivity index (χ1) is 11.7. The topological polar surface area (TPSA) is 124 Å². The number of aromatic nitrogens is 4. The van der Waals surface area contributed by atoms with E-state index in [1.165, 1.54) is 0 Å². The Hall–Kier alpha value is -2.23. The molecule has 1 fully saturated rings. The molecule has 0 aliphatic carbocycles. The summed E-state index contributed by atoms with van der Waals surface area (Å²) >= 11 is 0. The van der Waals surface area contributed by atoms with Crippen molar-refractivity contribution in [3.63, 3.8) is 0 Å². The molecule has 3 rings (SSSR count). The summed E-state index contributed by atoms with van der Waals surface area (Å²) in [4.78, 5) is 22.5. The van der Waals surface area contributed by atoms with Crippen molar-refractivity contribution < 1.29 is 13.2 Å². The van der Waals surface area contributed by atoms with Gasteiger partial charge in [0.15, 0.2) is 9.84 Å². The molecule has 9 nitrogen and oxygen atoms in total. The highest BCUT2D eigenvalue weighted by molar-refractivity contribution is 7.91. The summed E-state index contributed by atoms with van der Waals surface area (Å²) in [7, 11) is -1.34. The second-order valence-corrected chi connectivity index (χ2v) is 8.73. The molecule has 2 N–H and O–H groups in total. The van der Waals surface area contributed by atoms with E-state index in [9.17, 15) is 13.2 Å². The number of carbonyl (C=O) groups is 1. The summed E-state index contributed by atoms with van der Waals surface area (Å²) in [6, 6.07) is -0.226. The van der Waals surface area contributed by atoms with E-state index in [-0.39, 0.29) is 35.8 Å². The third-order valence-corrected chi connectivity index (χ3v) is 6.55. The summed E-state index contributed by atoms with van der Waals surface area (Å²) in [6.45, 7) is 3.76. The molecule has 25 heavy (non-hydrogen) atoms. The third kappa shape index (κ3) is 3.44. The van der Waals surface area contributed by atoms with Gasteiger partial charge in [0.05, 0.1) is 11.5 Å². The first-order valence-electron chi connectivity index (χ1n) is 8.12. The summed E-state index contributed by atoms with van der Waals surface area (Å²) < 4.78 is 24.8. The van der Waals surface area contributed by atoms with Crippen LogP contribution in [-0.2, 0) is 21.1 Å². The highest BCUT2D eigenvalue weighted by Crippen LogP contribution is 2.19. The molecule has 1 atom stereocenters. The van der Waals surface area contributed by atoms with Gasteiger partial charge in [-0.1, -0.05) is 0 Å². The zero-order valence-electron chi connectivity index (χ0n) is 14.6. The monoisotopic (exact) mass is 366 g/mol. The van der Waals surface area contributed by atoms with Gasteiger partial charge in [-0.15, -0.1) is 5.10 Å². The number of sulfone groups is 1. The Bertz CT molecular complexity index is 936. The number of hydrogen-bond donors (Lipinski definition) is 1. The molecule has 0 spiro atoms. The van der Waals surface area contributed by atoms with Crippen LogP contribution in [0.5, 0.6) is 0 Å². The maximum Gasteiger partial charge on any atom is 0.254 e. The van der Waals surface area contributed by atoms with E-state index in [1.807, 2.05) is 13.8 Å². The minimum Gasteiger partial charge on any atom is -0.366 e. The molecule has 1 amide bonds. The van der Waals surface area contributed by atoms with Crippen LogP contribution >= 0.6 is 0 Å². The third-order valence-electron chi connectivity index (χ3n) is 4.80. The summed E-state index contributed by atoms with van der Waals surface area (Å²) in [5, 5.41) is 4.11. The van der Waals surface area contributed by atoms with Gasteiger partial charge in [0.2, 0.25) is 11.9 Å². The molecule has 2 aromatic heterocycles. The van der Waals surface area contributed by atoms with Gasteiger partial charge >= 0.3 is 0 Å². The van der Waals surface area contributed by atoms with Gasteiger partial charge in [-0.25, -0.2) is 13.4 Å². The Morgan fingerprint density at radius 3 is 2.72 bits per heavy atom. The van der Waals surface area contributed by atoms with Crippen molar-refractivity contribution >= 4 is 27.5 Å². The molecular weight excluding hydrogens is 344 g/mol. The van der Waals surface area contributed by atoms with Crippen LogP contribution in [0, 0.1) is 13.8 Å². The molecule has 1 saturated heterocycles. The average molecular weight is 366 g/mol. The fourth-order valence-corrected chi connectivity index (χ4v) is 5.05. The van der Waals surface area contributed by atoms with E-state index in [1.54, 1.807) is 16.5 Å². The van der Waals surface area contributed by atoms with Crippen molar-refractivity contribution in [2.24, 2.45) is 0 Å². The fraction of sp³-hybridized carbons (Fsp3) is 0.600. The smallest absolute Gasteiger partial charge is 0.254 e. The highest BCUT2D eigenvalue weighted by atomic mass is 32.2. The number of fused-ring (bicyclic) bond motifs is 1. The van der Waals surface area contributed by atoms with Gasteiger partial charge in [-0.3, -0.25) is 4.79 Å². The van der Waals surface area contributed by atoms with Crippen LogP contribution in [0.15, 0.2) is 0 Å². The lowest BCUT2D eigenvalue weighted by Crippen LogP contribution is -2.38. The molecule has 3 heterocycles. The van der Waals surface area contributed by atoms with Crippen LogP contribution in [0.1, 0.15) is 29.8 Å². The zero-order valence-corrected chi connectivity index (χ0v) is 15.4. The number of aryl methyl sites for hydroxylation is 2. The molecule has 1 aliphatic rings. The number of nitrogens with two attached hydrogens (primary N) is 1. The van der Waals surface area contributed by atoms with Crippen molar-refractivity contribution in [2.75, 3.05) is 24.3 Å². The van der Waals surface area contributed by atoms with E-state index in [0.717, 1.165) is 17.0 Å². The van der Waals surface area contributed by atoms with Crippen LogP contribution in [-0.4, -0.2) is 63.4 Å². The molecule has 10 heteroatoms. The van der Waals surface area contributed by atoms with E-state index >= 15 is 0 Å². The van der Waals surface area contributed by atoms with Crippen LogP contribution in [0.3, 0.4) is 0 Å². The fourth-order valence-electron chi connectivity index (χ4n) is 3.28. The molecule has 0 aromatic carbocycles. The quantitative estimate of drug-likeness (QED) is 0.801. The number of amides is 1. The molecular formula is C15H22N6O3S. The van der Waals surface area contributed by atoms with Gasteiger partial charge in [-0.2, -0.15) is 9.50 Å². The van der Waals surface area contributed by atoms with Crippen LogP contribution in [0.25, 0.3) is 5.78 Å². The Morgan fingerprint density at radius 2 is 2.08 bits per heavy atom. The van der Waals surface area contributed by atoms with Gasteiger partial charge in [-0.05, 0) is 32.3 Å². The maximum absolute atomic E-state index is 12.5. The molecule has 1 aliphatic heterocycles. The SMILES string of the molecule is Cc1nc2nc(N)nn2c(C)c1CCC(=O)N(C)[C@@H]1CCS(=O)(=O)C1. The van der Waals surface area contributed by atoms with E-state index < -0.39 is 9.84 Å². The van der Waals surface area contributed by atoms with E-state index in [4.69, 9.17) is 5.73 Å². The van der Waals surface area contributed by atoms with Gasteiger partial charge in [0, 0.05) is 30.9 Å². The first kappa shape index (κ1) is 17.6. The summed E-state index contributed by atoms with van der Waals surface area (Å²) in [5.74, 6) is 0.737. The van der Waals surface area contributed by atoms with Crippen molar-refractivity contribution in [1.29, 1.82) is 0 Å². The lowest BCUT2D eigenvalue weighted by atomic mass is 10.1. The largest absolute Gasteiger partial charge is 0.366 e. The van der Waals surface area contributed by atoms with E-state index in [0.29, 0.717) is 18.6 Å². The minimum atomic E-state index is -3.01. The summed E-state index contributed by atoms with van der Waals surface area (Å²) in [6.07, 6.45) is 1.30. The van der Waals surface area contributed by atoms with Crippen molar-refractivity contribution in [3.8, 4) is 0 Å². The molecule has 0 saturated carbocycles. The summed E-state index contributed by atoms with van der Waals surface area (Å²) in [5.41, 5.74) is 8.19. The predicted molar refractivity (Wildman–Crippen MR) is 92.8 cm³/mol.